The smallest absolute Gasteiger partial charge is 0.163 e. The lowest BCUT2D eigenvalue weighted by Gasteiger charge is -2.41. The lowest BCUT2D eigenvalue weighted by atomic mass is 9.74. The molecule has 3 heteroatoms. The van der Waals surface area contributed by atoms with Crippen molar-refractivity contribution in [1.82, 2.24) is 4.98 Å². The predicted octanol–water partition coefficient (Wildman–Crippen LogP) is 3.69. The first-order valence-electron chi connectivity index (χ1n) is 7.33. The number of nitrogens with zero attached hydrogens (tertiary/aromatic N) is 2. The molecule has 0 amide bonds. The summed E-state index contributed by atoms with van der Waals surface area (Å²) in [6.07, 6.45) is 6.68. The van der Waals surface area contributed by atoms with Gasteiger partial charge in [-0.05, 0) is 37.3 Å². The van der Waals surface area contributed by atoms with Crippen LogP contribution in [0.5, 0.6) is 0 Å². The first-order valence-corrected chi connectivity index (χ1v) is 7.33. The van der Waals surface area contributed by atoms with Crippen LogP contribution >= 0.6 is 0 Å². The number of pyridine rings is 1. The highest BCUT2D eigenvalue weighted by molar-refractivity contribution is 5.98. The van der Waals surface area contributed by atoms with Gasteiger partial charge in [-0.15, -0.1) is 0 Å². The molecule has 1 aliphatic heterocycles. The summed E-state index contributed by atoms with van der Waals surface area (Å²) in [5.41, 5.74) is 1.25. The molecule has 0 atom stereocenters. The minimum absolute atomic E-state index is 0.103. The topological polar surface area (TPSA) is 33.2 Å². The Balaban J connectivity index is 2.16. The molecule has 1 saturated heterocycles. The summed E-state index contributed by atoms with van der Waals surface area (Å²) in [5, 5.41) is 0. The minimum Gasteiger partial charge on any atom is -0.356 e. The van der Waals surface area contributed by atoms with E-state index in [1.54, 1.807) is 13.1 Å². The highest BCUT2D eigenvalue weighted by Crippen LogP contribution is 2.39. The number of carbonyl (C=O) groups excluding carboxylic acids is 1. The van der Waals surface area contributed by atoms with E-state index < -0.39 is 0 Å². The van der Waals surface area contributed by atoms with Crippen molar-refractivity contribution >= 4 is 11.6 Å². The van der Waals surface area contributed by atoms with E-state index in [1.165, 1.54) is 25.7 Å². The molecule has 0 saturated carbocycles. The monoisotopic (exact) mass is 260 g/mol. The molecule has 0 bridgehead atoms. The van der Waals surface area contributed by atoms with Crippen molar-refractivity contribution in [2.24, 2.45) is 5.41 Å². The van der Waals surface area contributed by atoms with Crippen molar-refractivity contribution in [2.45, 2.75) is 46.5 Å². The molecular weight excluding hydrogens is 236 g/mol. The lowest BCUT2D eigenvalue weighted by Crippen LogP contribution is -2.40. The highest BCUT2D eigenvalue weighted by Gasteiger charge is 2.32. The fraction of sp³-hybridized carbons (Fsp3) is 0.625. The molecule has 1 fully saturated rings. The second-order valence-corrected chi connectivity index (χ2v) is 5.62. The number of hydrogen-bond acceptors (Lipinski definition) is 3. The Kier molecular flexibility index (Phi) is 4.23. The molecule has 0 N–H and O–H groups in total. The molecule has 1 aromatic heterocycles. The van der Waals surface area contributed by atoms with Crippen LogP contribution in [0.3, 0.4) is 0 Å². The van der Waals surface area contributed by atoms with Gasteiger partial charge >= 0.3 is 0 Å². The second kappa shape index (κ2) is 5.72. The van der Waals surface area contributed by atoms with E-state index in [9.17, 15) is 4.79 Å². The van der Waals surface area contributed by atoms with Crippen LogP contribution in [0.1, 0.15) is 56.8 Å². The third-order valence-electron chi connectivity index (χ3n) is 4.79. The van der Waals surface area contributed by atoms with Crippen LogP contribution in [0.15, 0.2) is 18.3 Å². The van der Waals surface area contributed by atoms with Gasteiger partial charge in [0.2, 0.25) is 0 Å². The third-order valence-corrected chi connectivity index (χ3v) is 4.79. The Bertz CT molecular complexity index is 442. The van der Waals surface area contributed by atoms with Crippen LogP contribution in [0.25, 0.3) is 0 Å². The summed E-state index contributed by atoms with van der Waals surface area (Å²) in [5.74, 6) is 0.974. The van der Waals surface area contributed by atoms with Gasteiger partial charge in [0.1, 0.15) is 5.82 Å². The number of carbonyl (C=O) groups is 1. The Morgan fingerprint density at radius 1 is 1.32 bits per heavy atom. The zero-order valence-corrected chi connectivity index (χ0v) is 12.3. The molecule has 0 aliphatic carbocycles. The Morgan fingerprint density at radius 3 is 2.47 bits per heavy atom. The molecule has 1 aromatic rings. The van der Waals surface area contributed by atoms with Crippen molar-refractivity contribution in [3.05, 3.63) is 23.9 Å². The molecule has 1 aliphatic rings. The van der Waals surface area contributed by atoms with E-state index in [1.807, 2.05) is 12.1 Å². The molecule has 0 spiro atoms. The van der Waals surface area contributed by atoms with E-state index in [0.29, 0.717) is 5.41 Å². The average molecular weight is 260 g/mol. The maximum Gasteiger partial charge on any atom is 0.163 e. The van der Waals surface area contributed by atoms with Gasteiger partial charge in [0.25, 0.3) is 0 Å². The second-order valence-electron chi connectivity index (χ2n) is 5.62. The maximum absolute atomic E-state index is 11.7. The molecule has 0 radical (unpaired) electrons. The highest BCUT2D eigenvalue weighted by atomic mass is 16.1. The fourth-order valence-corrected chi connectivity index (χ4v) is 3.07. The van der Waals surface area contributed by atoms with Gasteiger partial charge in [-0.25, -0.2) is 4.98 Å². The van der Waals surface area contributed by atoms with Crippen molar-refractivity contribution in [2.75, 3.05) is 18.0 Å². The van der Waals surface area contributed by atoms with Gasteiger partial charge in [0.05, 0.1) is 5.56 Å². The number of rotatable bonds is 4. The number of hydrogen-bond donors (Lipinski definition) is 0. The zero-order chi connectivity index (χ0) is 13.9. The number of Topliss-reactive ketones (excluding diaryl/α,β-unsaturated/α-hetero) is 1. The molecule has 19 heavy (non-hydrogen) atoms. The zero-order valence-electron chi connectivity index (χ0n) is 12.3. The van der Waals surface area contributed by atoms with E-state index in [0.717, 1.165) is 24.5 Å². The number of anilines is 1. The van der Waals surface area contributed by atoms with Crippen LogP contribution in [0, 0.1) is 5.41 Å². The van der Waals surface area contributed by atoms with Crippen LogP contribution in [0.2, 0.25) is 0 Å². The molecule has 104 valence electrons. The number of aromatic nitrogens is 1. The van der Waals surface area contributed by atoms with Gasteiger partial charge < -0.3 is 4.90 Å². The summed E-state index contributed by atoms with van der Waals surface area (Å²) in [4.78, 5) is 18.4. The van der Waals surface area contributed by atoms with Crippen molar-refractivity contribution in [3.8, 4) is 0 Å². The molecule has 2 heterocycles. The van der Waals surface area contributed by atoms with Crippen LogP contribution in [0.4, 0.5) is 5.82 Å². The standard InChI is InChI=1S/C16H24N2O/c1-4-16(5-2)8-11-18(12-9-16)15-14(13(3)19)7-6-10-17-15/h6-7,10H,4-5,8-9,11-12H2,1-3H3. The molecule has 2 rings (SSSR count). The average Bonchev–Trinajstić information content (AvgIpc) is 2.47. The Labute approximate surface area is 116 Å². The van der Waals surface area contributed by atoms with E-state index >= 15 is 0 Å². The SMILES string of the molecule is CCC1(CC)CCN(c2ncccc2C(C)=O)CC1. The first-order chi connectivity index (χ1) is 9.12. The first kappa shape index (κ1) is 14.0. The van der Waals surface area contributed by atoms with Gasteiger partial charge in [-0.1, -0.05) is 26.7 Å². The number of ketones is 1. The van der Waals surface area contributed by atoms with Crippen molar-refractivity contribution in [3.63, 3.8) is 0 Å². The molecule has 0 aromatic carbocycles. The van der Waals surface area contributed by atoms with Gasteiger partial charge in [0.15, 0.2) is 5.78 Å². The van der Waals surface area contributed by atoms with Gasteiger partial charge in [-0.3, -0.25) is 4.79 Å². The van der Waals surface area contributed by atoms with Crippen molar-refractivity contribution in [1.29, 1.82) is 0 Å². The van der Waals surface area contributed by atoms with Crippen LogP contribution < -0.4 is 4.90 Å². The summed E-state index contributed by atoms with van der Waals surface area (Å²) < 4.78 is 0. The summed E-state index contributed by atoms with van der Waals surface area (Å²) >= 11 is 0. The third kappa shape index (κ3) is 2.80. The molecular formula is C16H24N2O. The fourth-order valence-electron chi connectivity index (χ4n) is 3.07. The summed E-state index contributed by atoms with van der Waals surface area (Å²) in [7, 11) is 0. The summed E-state index contributed by atoms with van der Waals surface area (Å²) in [6, 6.07) is 3.72. The Hall–Kier alpha value is -1.38. The predicted molar refractivity (Wildman–Crippen MR) is 78.7 cm³/mol. The quantitative estimate of drug-likeness (QED) is 0.774. The molecule has 3 nitrogen and oxygen atoms in total. The van der Waals surface area contributed by atoms with E-state index in [4.69, 9.17) is 0 Å². The van der Waals surface area contributed by atoms with Crippen LogP contribution in [-0.4, -0.2) is 23.9 Å². The van der Waals surface area contributed by atoms with E-state index in [2.05, 4.69) is 23.7 Å². The van der Waals surface area contributed by atoms with Crippen molar-refractivity contribution < 1.29 is 4.79 Å². The molecule has 0 unspecified atom stereocenters. The maximum atomic E-state index is 11.7. The van der Waals surface area contributed by atoms with Crippen LogP contribution in [-0.2, 0) is 0 Å². The van der Waals surface area contributed by atoms with Gasteiger partial charge in [-0.2, -0.15) is 0 Å². The Morgan fingerprint density at radius 2 is 1.95 bits per heavy atom. The van der Waals surface area contributed by atoms with Gasteiger partial charge in [0, 0.05) is 19.3 Å². The summed E-state index contributed by atoms with van der Waals surface area (Å²) in [6.45, 7) is 8.23. The largest absolute Gasteiger partial charge is 0.356 e. The number of piperidine rings is 1. The lowest BCUT2D eigenvalue weighted by molar-refractivity contribution is 0.101. The minimum atomic E-state index is 0.103. The normalized spacial score (nSPS) is 18.4. The van der Waals surface area contributed by atoms with E-state index in [-0.39, 0.29) is 5.78 Å².